The largest absolute Gasteiger partial charge is 0.367 e. The minimum Gasteiger partial charge on any atom is -0.367 e. The number of nitrogens with zero attached hydrogens (tertiary/aromatic N) is 1. The van der Waals surface area contributed by atoms with E-state index in [1.165, 1.54) is 0 Å². The maximum atomic E-state index is 11.8. The minimum atomic E-state index is -0.255. The third-order valence-corrected chi connectivity index (χ3v) is 2.47. The lowest BCUT2D eigenvalue weighted by molar-refractivity contribution is 0.0433. The molecule has 1 aliphatic rings. The Morgan fingerprint density at radius 2 is 2.43 bits per heavy atom. The highest BCUT2D eigenvalue weighted by Gasteiger charge is 2.28. The molecule has 74 valence electrons. The molecule has 2 unspecified atom stereocenters. The number of pyridine rings is 1. The average molecular weight is 191 g/mol. The first-order chi connectivity index (χ1) is 6.77. The van der Waals surface area contributed by atoms with Gasteiger partial charge in [0.05, 0.1) is 6.10 Å². The standard InChI is InChI=1S/C11H13NO2/c1-8-4-5-10(14-8)11(13)9-3-2-6-12-7-9/h2-3,6-8,10H,4-5H2,1H3. The fourth-order valence-corrected chi connectivity index (χ4v) is 1.69. The zero-order valence-electron chi connectivity index (χ0n) is 8.14. The molecule has 3 nitrogen and oxygen atoms in total. The Morgan fingerprint density at radius 1 is 1.57 bits per heavy atom. The van der Waals surface area contributed by atoms with Crippen LogP contribution in [0.15, 0.2) is 24.5 Å². The van der Waals surface area contributed by atoms with Crippen LogP contribution in [0.1, 0.15) is 30.1 Å². The van der Waals surface area contributed by atoms with Crippen molar-refractivity contribution in [3.8, 4) is 0 Å². The Bertz CT molecular complexity index is 323. The summed E-state index contributed by atoms with van der Waals surface area (Å²) in [6.45, 7) is 2.00. The van der Waals surface area contributed by atoms with E-state index in [-0.39, 0.29) is 18.0 Å². The summed E-state index contributed by atoms with van der Waals surface area (Å²) < 4.78 is 5.50. The van der Waals surface area contributed by atoms with E-state index in [4.69, 9.17) is 4.74 Å². The van der Waals surface area contributed by atoms with Crippen LogP contribution in [0.5, 0.6) is 0 Å². The van der Waals surface area contributed by atoms with Crippen LogP contribution in [0.25, 0.3) is 0 Å². The van der Waals surface area contributed by atoms with Gasteiger partial charge in [0.1, 0.15) is 6.10 Å². The number of ketones is 1. The highest BCUT2D eigenvalue weighted by atomic mass is 16.5. The number of aromatic nitrogens is 1. The van der Waals surface area contributed by atoms with Crippen LogP contribution in [-0.4, -0.2) is 23.0 Å². The molecule has 3 heteroatoms. The van der Waals surface area contributed by atoms with Crippen molar-refractivity contribution in [3.63, 3.8) is 0 Å². The van der Waals surface area contributed by atoms with Crippen LogP contribution in [0.3, 0.4) is 0 Å². The average Bonchev–Trinajstić information content (AvgIpc) is 2.65. The fraction of sp³-hybridized carbons (Fsp3) is 0.455. The molecule has 1 saturated heterocycles. The van der Waals surface area contributed by atoms with E-state index in [1.54, 1.807) is 24.5 Å². The van der Waals surface area contributed by atoms with Gasteiger partial charge in [-0.05, 0) is 31.9 Å². The maximum Gasteiger partial charge on any atom is 0.193 e. The second-order valence-electron chi connectivity index (χ2n) is 3.62. The van der Waals surface area contributed by atoms with Crippen molar-refractivity contribution in [2.75, 3.05) is 0 Å². The first-order valence-corrected chi connectivity index (χ1v) is 4.87. The van der Waals surface area contributed by atoms with Gasteiger partial charge in [-0.1, -0.05) is 0 Å². The van der Waals surface area contributed by atoms with Crippen molar-refractivity contribution in [2.24, 2.45) is 0 Å². The second kappa shape index (κ2) is 3.88. The molecule has 1 fully saturated rings. The molecule has 2 atom stereocenters. The van der Waals surface area contributed by atoms with E-state index in [1.807, 2.05) is 6.92 Å². The normalized spacial score (nSPS) is 26.4. The van der Waals surface area contributed by atoms with Gasteiger partial charge < -0.3 is 4.74 Å². The van der Waals surface area contributed by atoms with E-state index < -0.39 is 0 Å². The molecule has 0 N–H and O–H groups in total. The molecule has 2 rings (SSSR count). The minimum absolute atomic E-state index is 0.0578. The van der Waals surface area contributed by atoms with E-state index in [9.17, 15) is 4.79 Å². The SMILES string of the molecule is CC1CCC(C(=O)c2cccnc2)O1. The molecule has 1 aliphatic heterocycles. The number of carbonyl (C=O) groups excluding carboxylic acids is 1. The third kappa shape index (κ3) is 1.82. The number of hydrogen-bond donors (Lipinski definition) is 0. The number of ether oxygens (including phenoxy) is 1. The summed E-state index contributed by atoms with van der Waals surface area (Å²) in [5.41, 5.74) is 0.645. The van der Waals surface area contributed by atoms with Gasteiger partial charge in [-0.2, -0.15) is 0 Å². The van der Waals surface area contributed by atoms with E-state index in [2.05, 4.69) is 4.98 Å². The summed E-state index contributed by atoms with van der Waals surface area (Å²) in [6.07, 6.45) is 5.00. The summed E-state index contributed by atoms with van der Waals surface area (Å²) in [6, 6.07) is 3.55. The lowest BCUT2D eigenvalue weighted by Crippen LogP contribution is -2.20. The van der Waals surface area contributed by atoms with Crippen LogP contribution < -0.4 is 0 Å². The van der Waals surface area contributed by atoms with Gasteiger partial charge in [0.25, 0.3) is 0 Å². The van der Waals surface area contributed by atoms with Crippen molar-refractivity contribution < 1.29 is 9.53 Å². The van der Waals surface area contributed by atoms with E-state index >= 15 is 0 Å². The topological polar surface area (TPSA) is 39.2 Å². The molecule has 0 radical (unpaired) electrons. The number of carbonyl (C=O) groups is 1. The molecule has 0 amide bonds. The molecule has 0 aromatic carbocycles. The van der Waals surface area contributed by atoms with Gasteiger partial charge in [-0.25, -0.2) is 0 Å². The zero-order valence-corrected chi connectivity index (χ0v) is 8.14. The fourth-order valence-electron chi connectivity index (χ4n) is 1.69. The smallest absolute Gasteiger partial charge is 0.193 e. The van der Waals surface area contributed by atoms with Crippen LogP contribution in [0, 0.1) is 0 Å². The Labute approximate surface area is 83.1 Å². The molecule has 0 bridgehead atoms. The van der Waals surface area contributed by atoms with Crippen LogP contribution in [-0.2, 0) is 4.74 Å². The van der Waals surface area contributed by atoms with Gasteiger partial charge >= 0.3 is 0 Å². The Balaban J connectivity index is 2.10. The van der Waals surface area contributed by atoms with Gasteiger partial charge in [0.15, 0.2) is 5.78 Å². The number of rotatable bonds is 2. The quantitative estimate of drug-likeness (QED) is 0.669. The summed E-state index contributed by atoms with van der Waals surface area (Å²) in [5, 5.41) is 0. The summed E-state index contributed by atoms with van der Waals surface area (Å²) >= 11 is 0. The summed E-state index contributed by atoms with van der Waals surface area (Å²) in [4.78, 5) is 15.7. The molecular weight excluding hydrogens is 178 g/mol. The molecule has 2 heterocycles. The molecule has 14 heavy (non-hydrogen) atoms. The maximum absolute atomic E-state index is 11.8. The van der Waals surface area contributed by atoms with Crippen molar-refractivity contribution in [1.29, 1.82) is 0 Å². The Kier molecular flexibility index (Phi) is 2.59. The first kappa shape index (κ1) is 9.34. The molecule has 1 aromatic rings. The van der Waals surface area contributed by atoms with Gasteiger partial charge in [0.2, 0.25) is 0 Å². The van der Waals surface area contributed by atoms with E-state index in [0.29, 0.717) is 5.56 Å². The van der Waals surface area contributed by atoms with Crippen molar-refractivity contribution in [2.45, 2.75) is 32.0 Å². The zero-order chi connectivity index (χ0) is 9.97. The highest BCUT2D eigenvalue weighted by molar-refractivity contribution is 5.99. The van der Waals surface area contributed by atoms with Crippen LogP contribution >= 0.6 is 0 Å². The predicted octanol–water partition coefficient (Wildman–Crippen LogP) is 1.83. The molecule has 0 spiro atoms. The van der Waals surface area contributed by atoms with Gasteiger partial charge in [0, 0.05) is 18.0 Å². The first-order valence-electron chi connectivity index (χ1n) is 4.87. The van der Waals surface area contributed by atoms with Crippen LogP contribution in [0.4, 0.5) is 0 Å². The second-order valence-corrected chi connectivity index (χ2v) is 3.62. The Hall–Kier alpha value is -1.22. The van der Waals surface area contributed by atoms with Crippen molar-refractivity contribution in [3.05, 3.63) is 30.1 Å². The summed E-state index contributed by atoms with van der Waals surface area (Å²) in [7, 11) is 0. The summed E-state index contributed by atoms with van der Waals surface area (Å²) in [5.74, 6) is 0.0578. The van der Waals surface area contributed by atoms with Crippen molar-refractivity contribution in [1.82, 2.24) is 4.98 Å². The molecule has 0 saturated carbocycles. The molecule has 0 aliphatic carbocycles. The Morgan fingerprint density at radius 3 is 3.00 bits per heavy atom. The van der Waals surface area contributed by atoms with Gasteiger partial charge in [-0.15, -0.1) is 0 Å². The lowest BCUT2D eigenvalue weighted by Gasteiger charge is -2.09. The highest BCUT2D eigenvalue weighted by Crippen LogP contribution is 2.21. The lowest BCUT2D eigenvalue weighted by atomic mass is 10.1. The van der Waals surface area contributed by atoms with E-state index in [0.717, 1.165) is 12.8 Å². The third-order valence-electron chi connectivity index (χ3n) is 2.47. The monoisotopic (exact) mass is 191 g/mol. The number of Topliss-reactive ketones (excluding diaryl/α,β-unsaturated/α-hetero) is 1. The molecule has 1 aromatic heterocycles. The number of hydrogen-bond acceptors (Lipinski definition) is 3. The van der Waals surface area contributed by atoms with Crippen LogP contribution in [0.2, 0.25) is 0 Å². The molecular formula is C11H13NO2. The predicted molar refractivity (Wildman–Crippen MR) is 52.1 cm³/mol. The van der Waals surface area contributed by atoms with Gasteiger partial charge in [-0.3, -0.25) is 9.78 Å². The van der Waals surface area contributed by atoms with Crippen molar-refractivity contribution >= 4 is 5.78 Å².